The molecule has 1 atom stereocenters. The Bertz CT molecular complexity index is 421. The Morgan fingerprint density at radius 3 is 3.12 bits per heavy atom. The highest BCUT2D eigenvalue weighted by molar-refractivity contribution is 14.1. The highest BCUT2D eigenvalue weighted by atomic mass is 127. The molecule has 2 nitrogen and oxygen atoms in total. The van der Waals surface area contributed by atoms with Crippen LogP contribution in [0.25, 0.3) is 0 Å². The summed E-state index contributed by atoms with van der Waals surface area (Å²) in [6, 6.07) is 5.80. The molecule has 2 rings (SSSR count). The van der Waals surface area contributed by atoms with Gasteiger partial charge in [-0.15, -0.1) is 0 Å². The number of amides is 1. The Labute approximate surface area is 128 Å². The van der Waals surface area contributed by atoms with Gasteiger partial charge in [0.25, 0.3) is 5.91 Å². The van der Waals surface area contributed by atoms with Crippen LogP contribution in [-0.2, 0) is 0 Å². The smallest absolute Gasteiger partial charge is 0.252 e. The summed E-state index contributed by atoms with van der Waals surface area (Å²) >= 11 is 7.59. The Morgan fingerprint density at radius 1 is 1.59 bits per heavy atom. The first-order valence-corrected chi connectivity index (χ1v) is 8.44. The summed E-state index contributed by atoms with van der Waals surface area (Å²) in [7, 11) is 0. The van der Waals surface area contributed by atoms with E-state index in [1.807, 2.05) is 30.0 Å². The largest absolute Gasteiger partial charge is 0.351 e. The van der Waals surface area contributed by atoms with Crippen molar-refractivity contribution in [1.29, 1.82) is 0 Å². The molecule has 0 saturated carbocycles. The molecule has 1 aliphatic heterocycles. The average Bonchev–Trinajstić information content (AvgIpc) is 2.82. The third-order valence-corrected chi connectivity index (χ3v) is 5.45. The van der Waals surface area contributed by atoms with Crippen LogP contribution < -0.4 is 5.32 Å². The van der Waals surface area contributed by atoms with E-state index >= 15 is 0 Å². The van der Waals surface area contributed by atoms with Gasteiger partial charge in [0.05, 0.1) is 5.56 Å². The Kier molecular flexibility index (Phi) is 5.17. The summed E-state index contributed by atoms with van der Waals surface area (Å²) in [6.07, 6.45) is 2.50. The molecule has 0 spiro atoms. The first-order valence-electron chi connectivity index (χ1n) is 5.51. The molecule has 17 heavy (non-hydrogen) atoms. The quantitative estimate of drug-likeness (QED) is 0.748. The lowest BCUT2D eigenvalue weighted by atomic mass is 10.2. The van der Waals surface area contributed by atoms with Crippen molar-refractivity contribution in [3.8, 4) is 0 Å². The van der Waals surface area contributed by atoms with Gasteiger partial charge in [0.2, 0.25) is 0 Å². The van der Waals surface area contributed by atoms with E-state index in [1.54, 1.807) is 0 Å². The summed E-state index contributed by atoms with van der Waals surface area (Å²) < 4.78 is 1.93. The Morgan fingerprint density at radius 2 is 2.41 bits per heavy atom. The van der Waals surface area contributed by atoms with Crippen molar-refractivity contribution >= 4 is 56.2 Å². The van der Waals surface area contributed by atoms with E-state index in [0.717, 1.165) is 20.2 Å². The van der Waals surface area contributed by atoms with Gasteiger partial charge in [0.1, 0.15) is 0 Å². The molecule has 1 aliphatic rings. The molecule has 1 heterocycles. The maximum Gasteiger partial charge on any atom is 0.252 e. The summed E-state index contributed by atoms with van der Waals surface area (Å²) in [4.78, 5) is 12.0. The van der Waals surface area contributed by atoms with E-state index in [4.69, 9.17) is 0 Å². The third-order valence-electron chi connectivity index (χ3n) is 2.69. The number of thioether (sulfide) groups is 1. The molecular weight excluding hydrogens is 413 g/mol. The minimum atomic E-state index is 0.0166. The van der Waals surface area contributed by atoms with Crippen molar-refractivity contribution in [3.05, 3.63) is 31.8 Å². The fraction of sp³-hybridized carbons (Fsp3) is 0.417. The zero-order valence-electron chi connectivity index (χ0n) is 9.21. The summed E-state index contributed by atoms with van der Waals surface area (Å²) in [5.41, 5.74) is 0.722. The fourth-order valence-electron chi connectivity index (χ4n) is 1.78. The minimum Gasteiger partial charge on any atom is -0.351 e. The molecule has 1 aromatic rings. The molecule has 1 unspecified atom stereocenters. The average molecular weight is 426 g/mol. The zero-order chi connectivity index (χ0) is 12.3. The molecule has 0 bridgehead atoms. The number of halogens is 2. The monoisotopic (exact) mass is 425 g/mol. The van der Waals surface area contributed by atoms with Crippen molar-refractivity contribution in [2.45, 2.75) is 18.1 Å². The lowest BCUT2D eigenvalue weighted by Crippen LogP contribution is -2.30. The molecule has 1 saturated heterocycles. The molecule has 92 valence electrons. The molecule has 0 radical (unpaired) electrons. The van der Waals surface area contributed by atoms with E-state index < -0.39 is 0 Å². The molecule has 1 aromatic carbocycles. The van der Waals surface area contributed by atoms with Crippen LogP contribution in [0.3, 0.4) is 0 Å². The van der Waals surface area contributed by atoms with E-state index in [1.165, 1.54) is 18.6 Å². The van der Waals surface area contributed by atoms with Gasteiger partial charge in [-0.3, -0.25) is 4.79 Å². The van der Waals surface area contributed by atoms with Crippen LogP contribution in [0.5, 0.6) is 0 Å². The number of nitrogens with one attached hydrogen (secondary N) is 1. The lowest BCUT2D eigenvalue weighted by molar-refractivity contribution is 0.0953. The van der Waals surface area contributed by atoms with Gasteiger partial charge < -0.3 is 5.32 Å². The molecule has 0 aromatic heterocycles. The molecule has 0 aliphatic carbocycles. The van der Waals surface area contributed by atoms with Gasteiger partial charge in [0, 0.05) is 19.8 Å². The van der Waals surface area contributed by atoms with E-state index in [9.17, 15) is 4.79 Å². The standard InChI is InChI=1S/C12H13BrINOS/c13-11-4-3-8(14)6-10(11)12(16)15-7-9-2-1-5-17-9/h3-4,6,9H,1-2,5,7H2,(H,15,16). The first kappa shape index (κ1) is 13.7. The van der Waals surface area contributed by atoms with Crippen molar-refractivity contribution in [2.75, 3.05) is 12.3 Å². The first-order chi connectivity index (χ1) is 8.16. The summed E-state index contributed by atoms with van der Waals surface area (Å²) in [5.74, 6) is 1.25. The fourth-order valence-corrected chi connectivity index (χ4v) is 3.90. The van der Waals surface area contributed by atoms with E-state index in [2.05, 4.69) is 43.8 Å². The predicted molar refractivity (Wildman–Crippen MR) is 84.7 cm³/mol. The maximum atomic E-state index is 12.0. The normalized spacial score (nSPS) is 19.3. The maximum absolute atomic E-state index is 12.0. The lowest BCUT2D eigenvalue weighted by Gasteiger charge is -2.11. The molecule has 1 fully saturated rings. The topological polar surface area (TPSA) is 29.1 Å². The molecule has 5 heteroatoms. The van der Waals surface area contributed by atoms with Gasteiger partial charge in [-0.1, -0.05) is 0 Å². The number of rotatable bonds is 3. The van der Waals surface area contributed by atoms with Crippen molar-refractivity contribution in [2.24, 2.45) is 0 Å². The van der Waals surface area contributed by atoms with Crippen molar-refractivity contribution < 1.29 is 4.79 Å². The number of carbonyl (C=O) groups excluding carboxylic acids is 1. The van der Waals surface area contributed by atoms with Crippen LogP contribution in [0, 0.1) is 3.57 Å². The molecule has 1 amide bonds. The minimum absolute atomic E-state index is 0.0166. The SMILES string of the molecule is O=C(NCC1CCCS1)c1cc(I)ccc1Br. The van der Waals surface area contributed by atoms with Crippen molar-refractivity contribution in [1.82, 2.24) is 5.32 Å². The summed E-state index contributed by atoms with van der Waals surface area (Å²) in [6.45, 7) is 0.779. The van der Waals surface area contributed by atoms with Gasteiger partial charge in [0.15, 0.2) is 0 Å². The highest BCUT2D eigenvalue weighted by Gasteiger charge is 2.17. The Balaban J connectivity index is 1.96. The predicted octanol–water partition coefficient (Wildman–Crippen LogP) is 3.68. The van der Waals surface area contributed by atoms with Crippen LogP contribution in [0.1, 0.15) is 23.2 Å². The van der Waals surface area contributed by atoms with Crippen LogP contribution in [0.4, 0.5) is 0 Å². The number of hydrogen-bond donors (Lipinski definition) is 1. The summed E-state index contributed by atoms with van der Waals surface area (Å²) in [5, 5.41) is 3.61. The number of hydrogen-bond acceptors (Lipinski definition) is 2. The second kappa shape index (κ2) is 6.43. The van der Waals surface area contributed by atoms with Crippen LogP contribution in [0.2, 0.25) is 0 Å². The molecule has 1 N–H and O–H groups in total. The third kappa shape index (κ3) is 3.86. The second-order valence-electron chi connectivity index (χ2n) is 3.97. The second-order valence-corrected chi connectivity index (χ2v) is 7.48. The molecular formula is C12H13BrINOS. The van der Waals surface area contributed by atoms with Crippen LogP contribution >= 0.6 is 50.3 Å². The zero-order valence-corrected chi connectivity index (χ0v) is 13.8. The van der Waals surface area contributed by atoms with E-state index in [-0.39, 0.29) is 5.91 Å². The van der Waals surface area contributed by atoms with Gasteiger partial charge >= 0.3 is 0 Å². The van der Waals surface area contributed by atoms with Gasteiger partial charge in [-0.25, -0.2) is 0 Å². The van der Waals surface area contributed by atoms with E-state index in [0.29, 0.717) is 5.25 Å². The number of benzene rings is 1. The highest BCUT2D eigenvalue weighted by Crippen LogP contribution is 2.25. The van der Waals surface area contributed by atoms with Gasteiger partial charge in [-0.05, 0) is 75.3 Å². The number of carbonyl (C=O) groups is 1. The van der Waals surface area contributed by atoms with Gasteiger partial charge in [-0.2, -0.15) is 11.8 Å². The van der Waals surface area contributed by atoms with Crippen molar-refractivity contribution in [3.63, 3.8) is 0 Å². The van der Waals surface area contributed by atoms with Crippen LogP contribution in [-0.4, -0.2) is 23.5 Å². The van der Waals surface area contributed by atoms with Crippen LogP contribution in [0.15, 0.2) is 22.7 Å². The Hall–Kier alpha value is 0.250.